The molecule has 0 unspecified atom stereocenters. The molecular formula is C64H42N2S. The highest BCUT2D eigenvalue weighted by Gasteiger charge is 2.17. The van der Waals surface area contributed by atoms with Gasteiger partial charge in [-0.2, -0.15) is 0 Å². The summed E-state index contributed by atoms with van der Waals surface area (Å²) in [6.07, 6.45) is 0. The maximum Gasteiger partial charge on any atom is 0.0541 e. The van der Waals surface area contributed by atoms with Crippen LogP contribution in [0.25, 0.3) is 103 Å². The maximum atomic E-state index is 2.37. The minimum Gasteiger partial charge on any atom is -0.311 e. The minimum absolute atomic E-state index is 1.09. The van der Waals surface area contributed by atoms with Crippen LogP contribution in [0.15, 0.2) is 255 Å². The number of hydrogen-bond acceptors (Lipinski definition) is 2. The number of hydrogen-bond donors (Lipinski definition) is 0. The number of para-hydroxylation sites is 2. The van der Waals surface area contributed by atoms with Crippen LogP contribution in [0.5, 0.6) is 0 Å². The molecule has 0 N–H and O–H groups in total. The summed E-state index contributed by atoms with van der Waals surface area (Å²) in [5.74, 6) is 0. The summed E-state index contributed by atoms with van der Waals surface area (Å²) in [4.78, 5) is 2.37. The van der Waals surface area contributed by atoms with Gasteiger partial charge in [-0.15, -0.1) is 11.3 Å². The molecule has 0 saturated carbocycles. The highest BCUT2D eigenvalue weighted by Crippen LogP contribution is 2.42. The van der Waals surface area contributed by atoms with E-state index in [1.165, 1.54) is 97.3 Å². The average molecular weight is 871 g/mol. The zero-order chi connectivity index (χ0) is 44.3. The molecule has 11 aromatic carbocycles. The van der Waals surface area contributed by atoms with Crippen LogP contribution in [0, 0.1) is 0 Å². The third-order valence-corrected chi connectivity index (χ3v) is 14.7. The van der Waals surface area contributed by atoms with Crippen molar-refractivity contribution in [1.82, 2.24) is 4.57 Å². The van der Waals surface area contributed by atoms with E-state index >= 15 is 0 Å². The SMILES string of the molecule is c1ccc2cc(-c3ccc(-c4ccc(N(c5ccc(-c6ccc(-n7c8ccccc8c8ccccc87)cc6)cc5)c5ccc(-c6cccc7c6sc6ccccc67)cc5)cc4)cc3)ccc2c1. The van der Waals surface area contributed by atoms with Crippen molar-refractivity contribution < 1.29 is 0 Å². The van der Waals surface area contributed by atoms with Crippen molar-refractivity contribution in [1.29, 1.82) is 0 Å². The van der Waals surface area contributed by atoms with E-state index in [2.05, 4.69) is 264 Å². The second kappa shape index (κ2) is 16.2. The van der Waals surface area contributed by atoms with Crippen LogP contribution in [0.3, 0.4) is 0 Å². The summed E-state index contributed by atoms with van der Waals surface area (Å²) >= 11 is 1.87. The molecule has 0 aliphatic carbocycles. The molecule has 2 heterocycles. The van der Waals surface area contributed by atoms with Gasteiger partial charge in [-0.1, -0.05) is 182 Å². The highest BCUT2D eigenvalue weighted by molar-refractivity contribution is 7.26. The zero-order valence-electron chi connectivity index (χ0n) is 36.6. The molecule has 13 aromatic rings. The Morgan fingerprint density at radius 3 is 1.33 bits per heavy atom. The highest BCUT2D eigenvalue weighted by atomic mass is 32.1. The lowest BCUT2D eigenvalue weighted by molar-refractivity contribution is 1.18. The Morgan fingerprint density at radius 2 is 0.731 bits per heavy atom. The predicted molar refractivity (Wildman–Crippen MR) is 288 cm³/mol. The number of nitrogens with zero attached hydrogens (tertiary/aromatic N) is 2. The van der Waals surface area contributed by atoms with Gasteiger partial charge in [-0.05, 0) is 128 Å². The van der Waals surface area contributed by atoms with E-state index in [1.807, 2.05) is 11.3 Å². The fourth-order valence-corrected chi connectivity index (χ4v) is 11.3. The Morgan fingerprint density at radius 1 is 0.299 bits per heavy atom. The molecule has 0 spiro atoms. The molecule has 0 aliphatic heterocycles. The van der Waals surface area contributed by atoms with Crippen LogP contribution in [-0.4, -0.2) is 4.57 Å². The largest absolute Gasteiger partial charge is 0.311 e. The summed E-state index contributed by atoms with van der Waals surface area (Å²) in [6, 6.07) is 93.0. The topological polar surface area (TPSA) is 8.17 Å². The van der Waals surface area contributed by atoms with Gasteiger partial charge < -0.3 is 9.47 Å². The standard InChI is InChI=1S/C64H42N2S/c1-2-11-50-42-51(25-24-43(50)10-1)48-22-20-44(21-23-48)45-26-34-52(35-27-45)65(54-40-32-49(33-41-54)56-15-9-16-60-59-14-5-8-19-63(59)67-64(56)60)53-36-28-46(29-37-53)47-30-38-55(39-31-47)66-61-17-6-3-12-57(61)58-13-4-7-18-62(58)66/h1-42H. The minimum atomic E-state index is 1.09. The second-order valence-corrected chi connectivity index (χ2v) is 18.4. The average Bonchev–Trinajstić information content (AvgIpc) is 3.96. The Labute approximate surface area is 393 Å². The molecule has 314 valence electrons. The van der Waals surface area contributed by atoms with Gasteiger partial charge in [0, 0.05) is 53.7 Å². The molecule has 0 aliphatic rings. The predicted octanol–water partition coefficient (Wildman–Crippen LogP) is 18.4. The summed E-state index contributed by atoms with van der Waals surface area (Å²) in [5.41, 5.74) is 16.5. The van der Waals surface area contributed by atoms with Crippen molar-refractivity contribution in [2.45, 2.75) is 0 Å². The Kier molecular flexibility index (Phi) is 9.40. The Hall–Kier alpha value is -8.50. The van der Waals surface area contributed by atoms with Crippen LogP contribution in [0.4, 0.5) is 17.1 Å². The first-order chi connectivity index (χ1) is 33.2. The van der Waals surface area contributed by atoms with Crippen molar-refractivity contribution in [2.24, 2.45) is 0 Å². The van der Waals surface area contributed by atoms with Crippen LogP contribution >= 0.6 is 11.3 Å². The van der Waals surface area contributed by atoms with Gasteiger partial charge in [0.15, 0.2) is 0 Å². The summed E-state index contributed by atoms with van der Waals surface area (Å²) in [5, 5.41) is 7.69. The Bertz CT molecular complexity index is 3880. The third-order valence-electron chi connectivity index (χ3n) is 13.4. The first-order valence-electron chi connectivity index (χ1n) is 22.9. The van der Waals surface area contributed by atoms with Gasteiger partial charge in [-0.25, -0.2) is 0 Å². The van der Waals surface area contributed by atoms with Gasteiger partial charge in [0.25, 0.3) is 0 Å². The van der Waals surface area contributed by atoms with Crippen molar-refractivity contribution in [3.05, 3.63) is 255 Å². The van der Waals surface area contributed by atoms with Crippen molar-refractivity contribution >= 4 is 81.1 Å². The normalized spacial score (nSPS) is 11.6. The van der Waals surface area contributed by atoms with Gasteiger partial charge in [0.1, 0.15) is 0 Å². The van der Waals surface area contributed by atoms with Gasteiger partial charge in [-0.3, -0.25) is 0 Å². The number of benzene rings is 11. The monoisotopic (exact) mass is 870 g/mol. The van der Waals surface area contributed by atoms with Gasteiger partial charge in [0.05, 0.1) is 11.0 Å². The molecule has 2 nitrogen and oxygen atoms in total. The van der Waals surface area contributed by atoms with Crippen LogP contribution in [0.2, 0.25) is 0 Å². The fourth-order valence-electron chi connectivity index (χ4n) is 10.0. The first-order valence-corrected chi connectivity index (χ1v) is 23.7. The number of thiophene rings is 1. The molecule has 0 radical (unpaired) electrons. The van der Waals surface area contributed by atoms with E-state index in [-0.39, 0.29) is 0 Å². The molecule has 0 atom stereocenters. The molecular weight excluding hydrogens is 829 g/mol. The lowest BCUT2D eigenvalue weighted by Gasteiger charge is -2.26. The Balaban J connectivity index is 0.835. The van der Waals surface area contributed by atoms with Crippen molar-refractivity contribution in [3.8, 4) is 50.2 Å². The lowest BCUT2D eigenvalue weighted by atomic mass is 9.98. The molecule has 67 heavy (non-hydrogen) atoms. The first kappa shape index (κ1) is 38.9. The van der Waals surface area contributed by atoms with Gasteiger partial charge in [0.2, 0.25) is 0 Å². The van der Waals surface area contributed by atoms with Gasteiger partial charge >= 0.3 is 0 Å². The van der Waals surface area contributed by atoms with Crippen molar-refractivity contribution in [2.75, 3.05) is 4.90 Å². The molecule has 0 bridgehead atoms. The van der Waals surface area contributed by atoms with E-state index in [9.17, 15) is 0 Å². The molecule has 13 rings (SSSR count). The third kappa shape index (κ3) is 6.88. The van der Waals surface area contributed by atoms with Crippen LogP contribution < -0.4 is 4.90 Å². The maximum absolute atomic E-state index is 2.37. The smallest absolute Gasteiger partial charge is 0.0541 e. The fraction of sp³-hybridized carbons (Fsp3) is 0. The van der Waals surface area contributed by atoms with E-state index in [1.54, 1.807) is 0 Å². The van der Waals surface area contributed by atoms with Crippen LogP contribution in [0.1, 0.15) is 0 Å². The molecule has 0 saturated heterocycles. The van der Waals surface area contributed by atoms with E-state index in [4.69, 9.17) is 0 Å². The van der Waals surface area contributed by atoms with Crippen molar-refractivity contribution in [3.63, 3.8) is 0 Å². The van der Waals surface area contributed by atoms with E-state index in [0.717, 1.165) is 22.7 Å². The molecule has 0 amide bonds. The zero-order valence-corrected chi connectivity index (χ0v) is 37.4. The summed E-state index contributed by atoms with van der Waals surface area (Å²) in [6.45, 7) is 0. The number of aromatic nitrogens is 1. The summed E-state index contributed by atoms with van der Waals surface area (Å²) in [7, 11) is 0. The molecule has 0 fully saturated rings. The van der Waals surface area contributed by atoms with Crippen LogP contribution in [-0.2, 0) is 0 Å². The number of fused-ring (bicyclic) bond motifs is 7. The van der Waals surface area contributed by atoms with E-state index < -0.39 is 0 Å². The second-order valence-electron chi connectivity index (χ2n) is 17.3. The number of anilines is 3. The molecule has 3 heteroatoms. The number of rotatable bonds is 8. The van der Waals surface area contributed by atoms with E-state index in [0.29, 0.717) is 0 Å². The molecule has 2 aromatic heterocycles. The lowest BCUT2D eigenvalue weighted by Crippen LogP contribution is -2.09. The quantitative estimate of drug-likeness (QED) is 0.148. The summed E-state index contributed by atoms with van der Waals surface area (Å²) < 4.78 is 5.02.